The number of imidazole rings is 2. The molecule has 2 aromatic rings. The molecular formula is C47H77N7O12. The van der Waals surface area contributed by atoms with Gasteiger partial charge in [-0.15, -0.1) is 0 Å². The van der Waals surface area contributed by atoms with Crippen LogP contribution >= 0.6 is 0 Å². The Morgan fingerprint density at radius 3 is 1.21 bits per heavy atom. The maximum atomic E-state index is 14.0. The van der Waals surface area contributed by atoms with E-state index in [4.69, 9.17) is 18.9 Å². The number of carbonyl (C=O) groups is 7. The number of aliphatic carboxylic acids is 1. The number of carboxylic acids is 1. The van der Waals surface area contributed by atoms with Crippen LogP contribution in [0.5, 0.6) is 0 Å². The van der Waals surface area contributed by atoms with Gasteiger partial charge in [-0.1, -0.05) is 45.4 Å². The predicted octanol–water partition coefficient (Wildman–Crippen LogP) is 5.70. The third kappa shape index (κ3) is 23.7. The highest BCUT2D eigenvalue weighted by molar-refractivity contribution is 5.87. The number of hydrogen-bond donors (Lipinski definition) is 1. The van der Waals surface area contributed by atoms with E-state index in [-0.39, 0.29) is 32.6 Å². The standard InChI is InChI=1S/C47H77N7O12/c1-14-15-16-17-18-19-20-34(25-39(57)58)52(26-35-48-21-23-50(35)28-37(55)53(30-40(59)63-44(2,3)4)31-41(60)64-45(5,6)7)27-36-49-22-24-51(36)29-38(56)54(32-42(61)65-46(8,9)10)33-43(62)66-47(11,12)13/h21-24,34H,14-20,25-33H2,1-13H3,(H,57,58). The first-order valence-corrected chi connectivity index (χ1v) is 22.8. The van der Waals surface area contributed by atoms with Crippen LogP contribution in [0.15, 0.2) is 24.8 Å². The van der Waals surface area contributed by atoms with E-state index in [0.717, 1.165) is 48.3 Å². The summed E-state index contributed by atoms with van der Waals surface area (Å²) >= 11 is 0. The third-order valence-corrected chi connectivity index (χ3v) is 9.39. The normalized spacial score (nSPS) is 12.6. The molecule has 0 fully saturated rings. The number of unbranched alkanes of at least 4 members (excludes halogenated alkanes) is 5. The Hall–Kier alpha value is -5.33. The van der Waals surface area contributed by atoms with Crippen molar-refractivity contribution >= 4 is 41.7 Å². The van der Waals surface area contributed by atoms with Gasteiger partial charge in [-0.25, -0.2) is 9.97 Å². The van der Waals surface area contributed by atoms with Crippen molar-refractivity contribution in [1.82, 2.24) is 33.8 Å². The van der Waals surface area contributed by atoms with Crippen LogP contribution in [-0.4, -0.2) is 135 Å². The molecule has 372 valence electrons. The second-order valence-electron chi connectivity index (χ2n) is 20.5. The lowest BCUT2D eigenvalue weighted by Crippen LogP contribution is -2.45. The summed E-state index contributed by atoms with van der Waals surface area (Å²) in [6.07, 6.45) is 12.3. The van der Waals surface area contributed by atoms with Crippen molar-refractivity contribution in [3.8, 4) is 0 Å². The van der Waals surface area contributed by atoms with E-state index in [1.165, 1.54) is 12.4 Å². The highest BCUT2D eigenvalue weighted by Crippen LogP contribution is 2.22. The van der Waals surface area contributed by atoms with Crippen molar-refractivity contribution in [1.29, 1.82) is 0 Å². The minimum Gasteiger partial charge on any atom is -0.481 e. The summed E-state index contributed by atoms with van der Waals surface area (Å²) in [6, 6.07) is -0.540. The smallest absolute Gasteiger partial charge is 0.326 e. The summed E-state index contributed by atoms with van der Waals surface area (Å²) in [7, 11) is 0. The van der Waals surface area contributed by atoms with Gasteiger partial charge in [0.05, 0.1) is 19.5 Å². The lowest BCUT2D eigenvalue weighted by Gasteiger charge is -2.31. The van der Waals surface area contributed by atoms with Crippen LogP contribution in [0.4, 0.5) is 0 Å². The largest absolute Gasteiger partial charge is 0.481 e. The average molecular weight is 932 g/mol. The van der Waals surface area contributed by atoms with Crippen LogP contribution in [0.2, 0.25) is 0 Å². The Balaban J connectivity index is 2.54. The minimum absolute atomic E-state index is 0.0381. The molecule has 2 aromatic heterocycles. The summed E-state index contributed by atoms with van der Waals surface area (Å²) in [6.45, 7) is 19.8. The Morgan fingerprint density at radius 1 is 0.561 bits per heavy atom. The molecule has 0 spiro atoms. The van der Waals surface area contributed by atoms with E-state index in [1.807, 2.05) is 4.90 Å². The SMILES string of the molecule is CCCCCCCCC(CC(=O)O)N(Cc1nccn1CC(=O)N(CC(=O)OC(C)(C)C)CC(=O)OC(C)(C)C)Cc1nccn1CC(=O)N(CC(=O)OC(C)(C)C)CC(=O)OC(C)(C)C. The maximum Gasteiger partial charge on any atom is 0.326 e. The van der Waals surface area contributed by atoms with E-state index in [1.54, 1.807) is 105 Å². The molecule has 0 saturated heterocycles. The Morgan fingerprint density at radius 2 is 0.894 bits per heavy atom. The lowest BCUT2D eigenvalue weighted by molar-refractivity contribution is -0.165. The summed E-state index contributed by atoms with van der Waals surface area (Å²) in [4.78, 5) is 105. The molecule has 1 atom stereocenters. The molecule has 2 rings (SSSR count). The number of carbonyl (C=O) groups excluding carboxylic acids is 6. The molecule has 1 unspecified atom stereocenters. The van der Waals surface area contributed by atoms with Crippen LogP contribution in [-0.2, 0) is 78.7 Å². The monoisotopic (exact) mass is 932 g/mol. The van der Waals surface area contributed by atoms with E-state index in [2.05, 4.69) is 16.9 Å². The molecule has 2 amide bonds. The first-order valence-electron chi connectivity index (χ1n) is 22.8. The number of esters is 4. The van der Waals surface area contributed by atoms with E-state index in [9.17, 15) is 38.7 Å². The molecule has 19 heteroatoms. The lowest BCUT2D eigenvalue weighted by atomic mass is 10.0. The average Bonchev–Trinajstić information content (AvgIpc) is 3.76. The molecule has 0 aliphatic carbocycles. The summed E-state index contributed by atoms with van der Waals surface area (Å²) in [5, 5.41) is 10.2. The van der Waals surface area contributed by atoms with Crippen molar-refractivity contribution in [2.24, 2.45) is 0 Å². The molecule has 19 nitrogen and oxygen atoms in total. The Labute approximate surface area is 390 Å². The van der Waals surface area contributed by atoms with Gasteiger partial charge in [-0.05, 0) is 89.5 Å². The van der Waals surface area contributed by atoms with Gasteiger partial charge in [0.15, 0.2) is 0 Å². The fourth-order valence-electron chi connectivity index (χ4n) is 6.80. The van der Waals surface area contributed by atoms with Crippen LogP contribution < -0.4 is 0 Å². The molecule has 2 heterocycles. The first-order chi connectivity index (χ1) is 30.4. The van der Waals surface area contributed by atoms with Gasteiger partial charge in [-0.3, -0.25) is 38.5 Å². The van der Waals surface area contributed by atoms with Crippen molar-refractivity contribution in [3.63, 3.8) is 0 Å². The van der Waals surface area contributed by atoms with Gasteiger partial charge >= 0.3 is 29.8 Å². The Bertz CT molecular complexity index is 1730. The number of ether oxygens (including phenoxy) is 4. The second-order valence-corrected chi connectivity index (χ2v) is 20.5. The highest BCUT2D eigenvalue weighted by atomic mass is 16.6. The molecule has 0 radical (unpaired) electrons. The number of rotatable bonds is 26. The van der Waals surface area contributed by atoms with Crippen molar-refractivity contribution in [2.45, 2.75) is 196 Å². The zero-order valence-electron chi connectivity index (χ0n) is 41.8. The quantitative estimate of drug-likeness (QED) is 0.0679. The van der Waals surface area contributed by atoms with Crippen LogP contribution in [0.1, 0.15) is 153 Å². The van der Waals surface area contributed by atoms with Crippen LogP contribution in [0.25, 0.3) is 0 Å². The first kappa shape index (κ1) is 56.8. The van der Waals surface area contributed by atoms with Gasteiger partial charge in [0.2, 0.25) is 11.8 Å². The van der Waals surface area contributed by atoms with Gasteiger partial charge < -0.3 is 43.0 Å². The fraction of sp³-hybridized carbons (Fsp3) is 0.723. The van der Waals surface area contributed by atoms with E-state index >= 15 is 0 Å². The van der Waals surface area contributed by atoms with Crippen LogP contribution in [0.3, 0.4) is 0 Å². The summed E-state index contributed by atoms with van der Waals surface area (Å²) < 4.78 is 25.0. The molecule has 0 aromatic carbocycles. The number of amides is 2. The predicted molar refractivity (Wildman–Crippen MR) is 244 cm³/mol. The molecular weight excluding hydrogens is 855 g/mol. The van der Waals surface area contributed by atoms with E-state index in [0.29, 0.717) is 18.1 Å². The van der Waals surface area contributed by atoms with Gasteiger partial charge in [-0.2, -0.15) is 0 Å². The van der Waals surface area contributed by atoms with Crippen molar-refractivity contribution in [2.75, 3.05) is 26.2 Å². The maximum absolute atomic E-state index is 14.0. The fourth-order valence-corrected chi connectivity index (χ4v) is 6.80. The second kappa shape index (κ2) is 25.5. The molecule has 66 heavy (non-hydrogen) atoms. The number of nitrogens with zero attached hydrogens (tertiary/aromatic N) is 7. The van der Waals surface area contributed by atoms with E-state index < -0.39 is 96.3 Å². The number of aromatic nitrogens is 4. The third-order valence-electron chi connectivity index (χ3n) is 9.39. The minimum atomic E-state index is -1.02. The molecule has 0 aliphatic heterocycles. The van der Waals surface area contributed by atoms with Crippen molar-refractivity contribution in [3.05, 3.63) is 36.4 Å². The molecule has 1 N–H and O–H groups in total. The number of carboxylic acid groups (broad SMARTS) is 1. The van der Waals surface area contributed by atoms with Gasteiger partial charge in [0.1, 0.15) is 73.3 Å². The van der Waals surface area contributed by atoms with Crippen molar-refractivity contribution < 1.29 is 57.6 Å². The molecule has 0 aliphatic rings. The van der Waals surface area contributed by atoms with Crippen LogP contribution in [0, 0.1) is 0 Å². The molecule has 0 saturated carbocycles. The zero-order valence-corrected chi connectivity index (χ0v) is 41.8. The van der Waals surface area contributed by atoms with Gasteiger partial charge in [0, 0.05) is 30.8 Å². The Kier molecular flexibility index (Phi) is 22.0. The summed E-state index contributed by atoms with van der Waals surface area (Å²) in [5.74, 6) is -4.30. The topological polar surface area (TPSA) is 222 Å². The molecule has 0 bridgehead atoms. The summed E-state index contributed by atoms with van der Waals surface area (Å²) in [5.41, 5.74) is -3.38. The number of hydrogen-bond acceptors (Lipinski definition) is 14. The zero-order chi connectivity index (χ0) is 50.0. The van der Waals surface area contributed by atoms with Gasteiger partial charge in [0.25, 0.3) is 0 Å². The highest BCUT2D eigenvalue weighted by Gasteiger charge is 2.31.